The van der Waals surface area contributed by atoms with E-state index in [4.69, 9.17) is 9.47 Å². The van der Waals surface area contributed by atoms with Crippen molar-refractivity contribution in [3.8, 4) is 5.75 Å². The van der Waals surface area contributed by atoms with Gasteiger partial charge in [-0.3, -0.25) is 0 Å². The molecule has 3 nitrogen and oxygen atoms in total. The zero-order valence-corrected chi connectivity index (χ0v) is 9.80. The summed E-state index contributed by atoms with van der Waals surface area (Å²) in [5, 5.41) is 2.94. The number of rotatable bonds is 2. The molecule has 0 saturated carbocycles. The van der Waals surface area contributed by atoms with E-state index in [2.05, 4.69) is 21.2 Å². The molecule has 1 N–H and O–H groups in total. The van der Waals surface area contributed by atoms with Crippen LogP contribution in [0.3, 0.4) is 0 Å². The lowest BCUT2D eigenvalue weighted by Crippen LogP contribution is -2.34. The Morgan fingerprint density at radius 3 is 3.13 bits per heavy atom. The van der Waals surface area contributed by atoms with Crippen LogP contribution in [0.25, 0.3) is 0 Å². The highest BCUT2D eigenvalue weighted by atomic mass is 79.9. The van der Waals surface area contributed by atoms with Crippen LogP contribution in [-0.4, -0.2) is 19.9 Å². The molecule has 15 heavy (non-hydrogen) atoms. The first-order chi connectivity index (χ1) is 7.20. The molecule has 1 heterocycles. The zero-order valence-electron chi connectivity index (χ0n) is 8.22. The lowest BCUT2D eigenvalue weighted by molar-refractivity contribution is -0.105. The van der Waals surface area contributed by atoms with Crippen molar-refractivity contribution >= 4 is 15.9 Å². The Balaban J connectivity index is 2.25. The second-order valence-corrected chi connectivity index (χ2v) is 4.20. The summed E-state index contributed by atoms with van der Waals surface area (Å²) in [6.45, 7) is 0.828. The summed E-state index contributed by atoms with van der Waals surface area (Å²) in [6, 6.07) is 3.16. The number of nitrogens with one attached hydrogen (secondary N) is 1. The standard InChI is InChI=1S/C10H11BrFNO2/c1-13-4-10-14-5-7-8(12)2-6(11)3-9(7)15-10/h2-3,10,13H,4-5H2,1H3. The van der Waals surface area contributed by atoms with Crippen LogP contribution in [0.1, 0.15) is 5.56 Å². The summed E-state index contributed by atoms with van der Waals surface area (Å²) < 4.78 is 24.9. The Morgan fingerprint density at radius 2 is 2.40 bits per heavy atom. The van der Waals surface area contributed by atoms with Crippen molar-refractivity contribution in [1.82, 2.24) is 5.32 Å². The Morgan fingerprint density at radius 1 is 1.60 bits per heavy atom. The monoisotopic (exact) mass is 275 g/mol. The molecule has 0 spiro atoms. The number of fused-ring (bicyclic) bond motifs is 1. The molecule has 82 valence electrons. The van der Waals surface area contributed by atoms with Crippen LogP contribution in [-0.2, 0) is 11.3 Å². The van der Waals surface area contributed by atoms with Gasteiger partial charge in [-0.25, -0.2) is 4.39 Å². The quantitative estimate of drug-likeness (QED) is 0.896. The first-order valence-electron chi connectivity index (χ1n) is 4.61. The smallest absolute Gasteiger partial charge is 0.212 e. The summed E-state index contributed by atoms with van der Waals surface area (Å²) >= 11 is 3.22. The molecule has 1 aliphatic heterocycles. The predicted molar refractivity (Wildman–Crippen MR) is 57.2 cm³/mol. The fraction of sp³-hybridized carbons (Fsp3) is 0.400. The molecule has 0 bridgehead atoms. The van der Waals surface area contributed by atoms with Gasteiger partial charge in [0.25, 0.3) is 0 Å². The van der Waals surface area contributed by atoms with Gasteiger partial charge in [-0.05, 0) is 19.2 Å². The molecule has 0 saturated heterocycles. The summed E-state index contributed by atoms with van der Waals surface area (Å²) in [5.41, 5.74) is 0.477. The lowest BCUT2D eigenvalue weighted by Gasteiger charge is -2.26. The van der Waals surface area contributed by atoms with E-state index in [1.54, 1.807) is 6.07 Å². The molecular formula is C10H11BrFNO2. The molecule has 1 aromatic carbocycles. The van der Waals surface area contributed by atoms with Crippen LogP contribution >= 0.6 is 15.9 Å². The minimum absolute atomic E-state index is 0.251. The molecule has 2 rings (SSSR count). The SMILES string of the molecule is CNCC1OCc2c(F)cc(Br)cc2O1. The van der Waals surface area contributed by atoms with E-state index in [-0.39, 0.29) is 18.7 Å². The van der Waals surface area contributed by atoms with Crippen LogP contribution < -0.4 is 10.1 Å². The number of hydrogen-bond donors (Lipinski definition) is 1. The topological polar surface area (TPSA) is 30.5 Å². The van der Waals surface area contributed by atoms with Crippen molar-refractivity contribution in [2.24, 2.45) is 0 Å². The Hall–Kier alpha value is -0.650. The van der Waals surface area contributed by atoms with E-state index in [1.165, 1.54) is 6.07 Å². The van der Waals surface area contributed by atoms with Crippen molar-refractivity contribution in [3.63, 3.8) is 0 Å². The van der Waals surface area contributed by atoms with Crippen molar-refractivity contribution in [3.05, 3.63) is 28.0 Å². The Kier molecular flexibility index (Phi) is 3.23. The Labute approximate surface area is 95.7 Å². The highest BCUT2D eigenvalue weighted by Gasteiger charge is 2.22. The second-order valence-electron chi connectivity index (χ2n) is 3.28. The molecule has 1 aromatic rings. The van der Waals surface area contributed by atoms with E-state index in [1.807, 2.05) is 7.05 Å². The van der Waals surface area contributed by atoms with E-state index in [0.717, 1.165) is 0 Å². The van der Waals surface area contributed by atoms with Crippen LogP contribution in [0.2, 0.25) is 0 Å². The number of ether oxygens (including phenoxy) is 2. The maximum atomic E-state index is 13.4. The average molecular weight is 276 g/mol. The lowest BCUT2D eigenvalue weighted by atomic mass is 10.2. The van der Waals surface area contributed by atoms with Gasteiger partial charge < -0.3 is 14.8 Å². The number of halogens is 2. The minimum Gasteiger partial charge on any atom is -0.463 e. The van der Waals surface area contributed by atoms with Gasteiger partial charge in [-0.15, -0.1) is 0 Å². The van der Waals surface area contributed by atoms with Gasteiger partial charge in [0.1, 0.15) is 11.6 Å². The van der Waals surface area contributed by atoms with Crippen molar-refractivity contribution in [1.29, 1.82) is 0 Å². The van der Waals surface area contributed by atoms with Gasteiger partial charge >= 0.3 is 0 Å². The first kappa shape index (κ1) is 10.9. The van der Waals surface area contributed by atoms with Crippen molar-refractivity contribution < 1.29 is 13.9 Å². The molecule has 1 atom stereocenters. The minimum atomic E-state index is -0.351. The highest BCUT2D eigenvalue weighted by molar-refractivity contribution is 9.10. The first-order valence-corrected chi connectivity index (χ1v) is 5.41. The maximum Gasteiger partial charge on any atom is 0.212 e. The zero-order chi connectivity index (χ0) is 10.8. The fourth-order valence-electron chi connectivity index (χ4n) is 1.44. The Bertz CT molecular complexity index is 373. The van der Waals surface area contributed by atoms with Crippen LogP contribution in [0.4, 0.5) is 4.39 Å². The highest BCUT2D eigenvalue weighted by Crippen LogP contribution is 2.31. The third-order valence-corrected chi connectivity index (χ3v) is 2.62. The van der Waals surface area contributed by atoms with E-state index in [9.17, 15) is 4.39 Å². The third-order valence-electron chi connectivity index (χ3n) is 2.16. The normalized spacial score (nSPS) is 19.5. The largest absolute Gasteiger partial charge is 0.463 e. The maximum absolute atomic E-state index is 13.4. The van der Waals surface area contributed by atoms with Crippen LogP contribution in [0.5, 0.6) is 5.75 Å². The van der Waals surface area contributed by atoms with Crippen molar-refractivity contribution in [2.75, 3.05) is 13.6 Å². The number of benzene rings is 1. The van der Waals surface area contributed by atoms with Crippen LogP contribution in [0.15, 0.2) is 16.6 Å². The van der Waals surface area contributed by atoms with Gasteiger partial charge in [0, 0.05) is 4.47 Å². The van der Waals surface area contributed by atoms with E-state index >= 15 is 0 Å². The van der Waals surface area contributed by atoms with Crippen molar-refractivity contribution in [2.45, 2.75) is 12.9 Å². The van der Waals surface area contributed by atoms with E-state index in [0.29, 0.717) is 22.3 Å². The molecule has 5 heteroatoms. The molecule has 0 amide bonds. The molecular weight excluding hydrogens is 265 g/mol. The summed E-state index contributed by atoms with van der Waals surface area (Å²) in [5.74, 6) is 0.246. The van der Waals surface area contributed by atoms with Gasteiger partial charge in [0.2, 0.25) is 6.29 Å². The summed E-state index contributed by atoms with van der Waals surface area (Å²) in [4.78, 5) is 0. The molecule has 1 unspecified atom stereocenters. The number of likely N-dealkylation sites (N-methyl/N-ethyl adjacent to an activating group) is 1. The molecule has 0 radical (unpaired) electrons. The van der Waals surface area contributed by atoms with Crippen LogP contribution in [0, 0.1) is 5.82 Å². The van der Waals surface area contributed by atoms with Gasteiger partial charge in [0.05, 0.1) is 18.7 Å². The van der Waals surface area contributed by atoms with Gasteiger partial charge in [-0.2, -0.15) is 0 Å². The van der Waals surface area contributed by atoms with Gasteiger partial charge in [0.15, 0.2) is 0 Å². The fourth-order valence-corrected chi connectivity index (χ4v) is 1.85. The molecule has 1 aliphatic rings. The average Bonchev–Trinajstić information content (AvgIpc) is 2.17. The predicted octanol–water partition coefficient (Wildman–Crippen LogP) is 2.04. The van der Waals surface area contributed by atoms with E-state index < -0.39 is 0 Å². The summed E-state index contributed by atoms with van der Waals surface area (Å²) in [6.07, 6.45) is -0.351. The molecule has 0 fully saturated rings. The molecule has 0 aliphatic carbocycles. The molecule has 0 aromatic heterocycles. The summed E-state index contributed by atoms with van der Waals surface area (Å²) in [7, 11) is 1.81. The third kappa shape index (κ3) is 2.30. The second kappa shape index (κ2) is 4.47. The number of hydrogen-bond acceptors (Lipinski definition) is 3. The van der Waals surface area contributed by atoms with Gasteiger partial charge in [-0.1, -0.05) is 15.9 Å².